The Labute approximate surface area is 56.4 Å². The number of carbonyl (C=O) groups is 1. The Kier molecular flexibility index (Phi) is 1.57. The van der Waals surface area contributed by atoms with Gasteiger partial charge in [0.25, 0.3) is 0 Å². The third kappa shape index (κ3) is 1.48. The van der Waals surface area contributed by atoms with Gasteiger partial charge in [-0.3, -0.25) is 4.79 Å². The molecule has 0 spiro atoms. The summed E-state index contributed by atoms with van der Waals surface area (Å²) in [6.45, 7) is 0. The van der Waals surface area contributed by atoms with Crippen molar-refractivity contribution in [2.75, 3.05) is 5.73 Å². The maximum atomic E-state index is 10.0. The molecule has 1 aromatic heterocycles. The maximum Gasteiger partial charge on any atom is 0.311 e. The van der Waals surface area contributed by atoms with Crippen LogP contribution in [0.25, 0.3) is 0 Å². The largest absolute Gasteiger partial charge is 0.481 e. The van der Waals surface area contributed by atoms with E-state index in [2.05, 4.69) is 9.68 Å². The summed E-state index contributed by atoms with van der Waals surface area (Å²) in [5, 5.41) is 11.6. The van der Waals surface area contributed by atoms with Crippen LogP contribution in [0.15, 0.2) is 10.6 Å². The third-order valence-electron chi connectivity index (χ3n) is 0.903. The zero-order valence-electron chi connectivity index (χ0n) is 5.07. The molecule has 0 amide bonds. The van der Waals surface area contributed by atoms with Gasteiger partial charge in [0.2, 0.25) is 0 Å². The molecule has 54 valence electrons. The van der Waals surface area contributed by atoms with E-state index in [0.29, 0.717) is 0 Å². The molecular formula is C5H6N2O3. The van der Waals surface area contributed by atoms with Gasteiger partial charge in [-0.25, -0.2) is 0 Å². The molecule has 1 heterocycles. The van der Waals surface area contributed by atoms with E-state index in [1.54, 1.807) is 0 Å². The van der Waals surface area contributed by atoms with E-state index in [1.165, 1.54) is 6.07 Å². The summed E-state index contributed by atoms with van der Waals surface area (Å²) >= 11 is 0. The topological polar surface area (TPSA) is 89.4 Å². The number of carboxylic acids is 1. The molecule has 0 aliphatic heterocycles. The van der Waals surface area contributed by atoms with Crippen LogP contribution in [0, 0.1) is 0 Å². The van der Waals surface area contributed by atoms with Gasteiger partial charge in [0, 0.05) is 6.07 Å². The minimum atomic E-state index is -0.962. The van der Waals surface area contributed by atoms with Crippen molar-refractivity contribution >= 4 is 11.8 Å². The standard InChI is InChI=1S/C5H6N2O3/c6-4-1-3(10-7-4)2-5(8)9/h1H,2H2,(H2,6,7)(H,8,9). The van der Waals surface area contributed by atoms with Gasteiger partial charge >= 0.3 is 5.97 Å². The Balaban J connectivity index is 2.67. The number of hydrogen-bond donors (Lipinski definition) is 2. The van der Waals surface area contributed by atoms with Crippen LogP contribution in [-0.4, -0.2) is 16.2 Å². The number of rotatable bonds is 2. The molecule has 1 rings (SSSR count). The molecular weight excluding hydrogens is 136 g/mol. The Morgan fingerprint density at radius 2 is 2.60 bits per heavy atom. The lowest BCUT2D eigenvalue weighted by atomic mass is 10.3. The second-order valence-electron chi connectivity index (χ2n) is 1.79. The quantitative estimate of drug-likeness (QED) is 0.601. The van der Waals surface area contributed by atoms with Gasteiger partial charge in [-0.2, -0.15) is 0 Å². The van der Waals surface area contributed by atoms with Gasteiger partial charge < -0.3 is 15.4 Å². The molecule has 0 aromatic carbocycles. The van der Waals surface area contributed by atoms with Gasteiger partial charge in [0.05, 0.1) is 0 Å². The van der Waals surface area contributed by atoms with Crippen molar-refractivity contribution in [3.8, 4) is 0 Å². The predicted octanol–water partition coefficient (Wildman–Crippen LogP) is -0.116. The average Bonchev–Trinajstić information content (AvgIpc) is 2.13. The van der Waals surface area contributed by atoms with E-state index in [1.807, 2.05) is 0 Å². The molecule has 0 aliphatic rings. The molecule has 0 atom stereocenters. The number of nitrogens with two attached hydrogens (primary N) is 1. The van der Waals surface area contributed by atoms with Gasteiger partial charge in [-0.1, -0.05) is 5.16 Å². The van der Waals surface area contributed by atoms with Gasteiger partial charge in [0.15, 0.2) is 5.82 Å². The molecule has 1 aromatic rings. The summed E-state index contributed by atoms with van der Waals surface area (Å²) in [6, 6.07) is 1.38. The van der Waals surface area contributed by atoms with Crippen molar-refractivity contribution in [3.05, 3.63) is 11.8 Å². The van der Waals surface area contributed by atoms with Crippen LogP contribution in [0.2, 0.25) is 0 Å². The lowest BCUT2D eigenvalue weighted by Gasteiger charge is -1.83. The fourth-order valence-electron chi connectivity index (χ4n) is 0.561. The van der Waals surface area contributed by atoms with Crippen LogP contribution in [0.1, 0.15) is 5.76 Å². The van der Waals surface area contributed by atoms with Crippen molar-refractivity contribution in [2.24, 2.45) is 0 Å². The monoisotopic (exact) mass is 142 g/mol. The van der Waals surface area contributed by atoms with Crippen molar-refractivity contribution in [1.82, 2.24) is 5.16 Å². The van der Waals surface area contributed by atoms with Crippen LogP contribution in [-0.2, 0) is 11.2 Å². The smallest absolute Gasteiger partial charge is 0.311 e. The fourth-order valence-corrected chi connectivity index (χ4v) is 0.561. The summed E-state index contributed by atoms with van der Waals surface area (Å²) in [7, 11) is 0. The van der Waals surface area contributed by atoms with Crippen LogP contribution in [0.5, 0.6) is 0 Å². The second kappa shape index (κ2) is 2.38. The van der Waals surface area contributed by atoms with Crippen molar-refractivity contribution in [3.63, 3.8) is 0 Å². The van der Waals surface area contributed by atoms with Gasteiger partial charge in [-0.15, -0.1) is 0 Å². The van der Waals surface area contributed by atoms with Crippen molar-refractivity contribution in [2.45, 2.75) is 6.42 Å². The van der Waals surface area contributed by atoms with Gasteiger partial charge in [0.1, 0.15) is 12.2 Å². The highest BCUT2D eigenvalue weighted by atomic mass is 16.5. The van der Waals surface area contributed by atoms with E-state index in [9.17, 15) is 4.79 Å². The van der Waals surface area contributed by atoms with E-state index in [4.69, 9.17) is 10.8 Å². The minimum Gasteiger partial charge on any atom is -0.481 e. The van der Waals surface area contributed by atoms with Crippen molar-refractivity contribution < 1.29 is 14.4 Å². The number of aliphatic carboxylic acids is 1. The van der Waals surface area contributed by atoms with Crippen LogP contribution in [0.4, 0.5) is 5.82 Å². The zero-order valence-corrected chi connectivity index (χ0v) is 5.07. The fraction of sp³-hybridized carbons (Fsp3) is 0.200. The number of carboxylic acid groups (broad SMARTS) is 1. The SMILES string of the molecule is Nc1cc(CC(=O)O)on1. The summed E-state index contributed by atoms with van der Waals surface area (Å²) in [5.41, 5.74) is 5.16. The molecule has 3 N–H and O–H groups in total. The number of anilines is 1. The maximum absolute atomic E-state index is 10.0. The first-order valence-corrected chi connectivity index (χ1v) is 2.61. The van der Waals surface area contributed by atoms with E-state index in [-0.39, 0.29) is 18.0 Å². The lowest BCUT2D eigenvalue weighted by molar-refractivity contribution is -0.136. The van der Waals surface area contributed by atoms with Gasteiger partial charge in [-0.05, 0) is 0 Å². The minimum absolute atomic E-state index is 0.176. The number of hydrogen-bond acceptors (Lipinski definition) is 4. The molecule has 0 radical (unpaired) electrons. The first-order chi connectivity index (χ1) is 4.68. The van der Waals surface area contributed by atoms with Crippen LogP contribution in [0.3, 0.4) is 0 Å². The normalized spacial score (nSPS) is 9.60. The number of nitrogen functional groups attached to an aromatic ring is 1. The zero-order chi connectivity index (χ0) is 7.56. The number of nitrogens with zero attached hydrogens (tertiary/aromatic N) is 1. The first kappa shape index (κ1) is 6.60. The molecule has 0 saturated carbocycles. The van der Waals surface area contributed by atoms with Crippen molar-refractivity contribution in [1.29, 1.82) is 0 Å². The highest BCUT2D eigenvalue weighted by Crippen LogP contribution is 2.04. The van der Waals surface area contributed by atoms with E-state index in [0.717, 1.165) is 0 Å². The molecule has 0 saturated heterocycles. The van der Waals surface area contributed by atoms with Crippen LogP contribution >= 0.6 is 0 Å². The first-order valence-electron chi connectivity index (χ1n) is 2.61. The Morgan fingerprint density at radius 3 is 3.00 bits per heavy atom. The summed E-state index contributed by atoms with van der Waals surface area (Å²) in [5.74, 6) is -0.489. The number of aromatic nitrogens is 1. The third-order valence-corrected chi connectivity index (χ3v) is 0.903. The molecule has 0 aliphatic carbocycles. The van der Waals surface area contributed by atoms with Crippen LogP contribution < -0.4 is 5.73 Å². The molecule has 0 bridgehead atoms. The Hall–Kier alpha value is -1.52. The summed E-state index contributed by atoms with van der Waals surface area (Å²) in [6.07, 6.45) is -0.176. The Bertz CT molecular complexity index is 243. The van der Waals surface area contributed by atoms with E-state index >= 15 is 0 Å². The molecule has 5 nitrogen and oxygen atoms in total. The highest BCUT2D eigenvalue weighted by molar-refractivity contribution is 5.69. The highest BCUT2D eigenvalue weighted by Gasteiger charge is 2.04. The predicted molar refractivity (Wildman–Crippen MR) is 32.3 cm³/mol. The van der Waals surface area contributed by atoms with E-state index < -0.39 is 5.97 Å². The second-order valence-corrected chi connectivity index (χ2v) is 1.79. The Morgan fingerprint density at radius 1 is 1.90 bits per heavy atom. The molecule has 5 heteroatoms. The average molecular weight is 142 g/mol. The molecule has 0 unspecified atom stereocenters. The summed E-state index contributed by atoms with van der Waals surface area (Å²) in [4.78, 5) is 10.0. The summed E-state index contributed by atoms with van der Waals surface area (Å²) < 4.78 is 4.52. The molecule has 10 heavy (non-hydrogen) atoms. The molecule has 0 fully saturated rings. The lowest BCUT2D eigenvalue weighted by Crippen LogP contribution is -1.97.